The molecule has 0 saturated carbocycles. The summed E-state index contributed by atoms with van der Waals surface area (Å²) in [7, 11) is 0. The van der Waals surface area contributed by atoms with Gasteiger partial charge in [0.1, 0.15) is 5.75 Å². The lowest BCUT2D eigenvalue weighted by Crippen LogP contribution is -2.32. The van der Waals surface area contributed by atoms with Gasteiger partial charge in [0.05, 0.1) is 0 Å². The van der Waals surface area contributed by atoms with Crippen LogP contribution in [0.3, 0.4) is 0 Å². The summed E-state index contributed by atoms with van der Waals surface area (Å²) < 4.78 is 5.89. The van der Waals surface area contributed by atoms with Crippen LogP contribution in [0.1, 0.15) is 45.2 Å². The zero-order valence-electron chi connectivity index (χ0n) is 15.5. The second-order valence-corrected chi connectivity index (χ2v) is 7.67. The van der Waals surface area contributed by atoms with Crippen LogP contribution in [-0.2, 0) is 10.2 Å². The van der Waals surface area contributed by atoms with Crippen LogP contribution in [0.2, 0.25) is 5.02 Å². The minimum Gasteiger partial charge on any atom is -0.481 e. The third-order valence-electron chi connectivity index (χ3n) is 4.11. The number of anilines is 1. The molecule has 0 aliphatic carbocycles. The molecule has 0 spiro atoms. The Balaban J connectivity index is 2.07. The predicted molar refractivity (Wildman–Crippen MR) is 105 cm³/mol. The van der Waals surface area contributed by atoms with Crippen molar-refractivity contribution in [2.24, 2.45) is 0 Å². The first kappa shape index (κ1) is 19.3. The Morgan fingerprint density at radius 1 is 1.16 bits per heavy atom. The van der Waals surface area contributed by atoms with E-state index >= 15 is 0 Å². The van der Waals surface area contributed by atoms with Crippen molar-refractivity contribution in [3.63, 3.8) is 0 Å². The summed E-state index contributed by atoms with van der Waals surface area (Å²) >= 11 is 5.96. The topological polar surface area (TPSA) is 38.3 Å². The Kier molecular flexibility index (Phi) is 6.12. The molecule has 3 nitrogen and oxygen atoms in total. The molecule has 1 unspecified atom stereocenters. The summed E-state index contributed by atoms with van der Waals surface area (Å²) in [5.41, 5.74) is 2.99. The maximum atomic E-state index is 12.5. The van der Waals surface area contributed by atoms with Crippen LogP contribution in [0.5, 0.6) is 5.75 Å². The number of nitrogens with one attached hydrogen (secondary N) is 1. The van der Waals surface area contributed by atoms with Gasteiger partial charge in [0.15, 0.2) is 6.10 Å². The van der Waals surface area contributed by atoms with Gasteiger partial charge in [-0.15, -0.1) is 0 Å². The number of carbonyl (C=O) groups is 1. The summed E-state index contributed by atoms with van der Waals surface area (Å²) in [5, 5.41) is 3.57. The molecule has 0 bridgehead atoms. The zero-order valence-corrected chi connectivity index (χ0v) is 16.3. The highest BCUT2D eigenvalue weighted by molar-refractivity contribution is 6.30. The largest absolute Gasteiger partial charge is 0.481 e. The van der Waals surface area contributed by atoms with Gasteiger partial charge in [-0.25, -0.2) is 0 Å². The molecule has 2 aromatic carbocycles. The molecule has 25 heavy (non-hydrogen) atoms. The molecule has 4 heteroatoms. The van der Waals surface area contributed by atoms with Crippen molar-refractivity contribution in [1.82, 2.24) is 0 Å². The number of ether oxygens (including phenoxy) is 1. The highest BCUT2D eigenvalue weighted by Gasteiger charge is 2.20. The highest BCUT2D eigenvalue weighted by Crippen LogP contribution is 2.25. The van der Waals surface area contributed by atoms with Gasteiger partial charge in [-0.2, -0.15) is 0 Å². The predicted octanol–water partition coefficient (Wildman–Crippen LogP) is 5.74. The number of carbonyl (C=O) groups excluding carboxylic acids is 1. The van der Waals surface area contributed by atoms with E-state index in [9.17, 15) is 4.79 Å². The van der Waals surface area contributed by atoms with Crippen molar-refractivity contribution in [2.45, 2.75) is 52.6 Å². The van der Waals surface area contributed by atoms with Gasteiger partial charge in [0.25, 0.3) is 5.91 Å². The van der Waals surface area contributed by atoms with Crippen molar-refractivity contribution in [3.8, 4) is 5.75 Å². The summed E-state index contributed by atoms with van der Waals surface area (Å²) in [6.07, 6.45) is 0.0371. The summed E-state index contributed by atoms with van der Waals surface area (Å²) in [5.74, 6) is 0.538. The molecule has 2 aromatic rings. The number of halogens is 1. The van der Waals surface area contributed by atoms with Crippen LogP contribution in [0.25, 0.3) is 0 Å². The molecule has 1 atom stereocenters. The SMILES string of the molecule is CCC(Oc1ccc(C(C)(C)C)cc1)C(=O)Nc1ccc(Cl)cc1C. The number of amides is 1. The van der Waals surface area contributed by atoms with Gasteiger partial charge in [0.2, 0.25) is 0 Å². The first-order valence-electron chi connectivity index (χ1n) is 8.55. The fraction of sp³-hybridized carbons (Fsp3) is 0.381. The Bertz CT molecular complexity index is 733. The molecule has 0 saturated heterocycles. The van der Waals surface area contributed by atoms with Crippen LogP contribution in [0, 0.1) is 6.92 Å². The molecule has 0 aliphatic heterocycles. The molecule has 2 rings (SSSR count). The number of hydrogen-bond donors (Lipinski definition) is 1. The second kappa shape index (κ2) is 7.92. The van der Waals surface area contributed by atoms with Crippen LogP contribution in [0.4, 0.5) is 5.69 Å². The Labute approximate surface area is 155 Å². The first-order chi connectivity index (χ1) is 11.7. The third kappa shape index (κ3) is 5.23. The zero-order chi connectivity index (χ0) is 18.6. The van der Waals surface area contributed by atoms with Gasteiger partial charge < -0.3 is 10.1 Å². The maximum Gasteiger partial charge on any atom is 0.265 e. The molecule has 134 valence electrons. The maximum absolute atomic E-state index is 12.5. The molecule has 0 radical (unpaired) electrons. The molecule has 0 aliphatic rings. The van der Waals surface area contributed by atoms with E-state index in [0.717, 1.165) is 11.3 Å². The normalized spacial score (nSPS) is 12.6. The van der Waals surface area contributed by atoms with Crippen LogP contribution >= 0.6 is 11.6 Å². The van der Waals surface area contributed by atoms with Gasteiger partial charge in [0, 0.05) is 10.7 Å². The van der Waals surface area contributed by atoms with E-state index in [1.165, 1.54) is 5.56 Å². The van der Waals surface area contributed by atoms with Crippen LogP contribution < -0.4 is 10.1 Å². The van der Waals surface area contributed by atoms with Crippen molar-refractivity contribution in [1.29, 1.82) is 0 Å². The molecular formula is C21H26ClNO2. The van der Waals surface area contributed by atoms with Crippen molar-refractivity contribution in [3.05, 3.63) is 58.6 Å². The van der Waals surface area contributed by atoms with Crippen LogP contribution in [-0.4, -0.2) is 12.0 Å². The standard InChI is InChI=1S/C21H26ClNO2/c1-6-19(20(24)23-18-12-9-16(22)13-14(18)2)25-17-10-7-15(8-11-17)21(3,4)5/h7-13,19H,6H2,1-5H3,(H,23,24). The second-order valence-electron chi connectivity index (χ2n) is 7.24. The van der Waals surface area contributed by atoms with Crippen molar-refractivity contribution < 1.29 is 9.53 Å². The van der Waals surface area contributed by atoms with Gasteiger partial charge in [-0.3, -0.25) is 4.79 Å². The van der Waals surface area contributed by atoms with E-state index in [4.69, 9.17) is 16.3 Å². The van der Waals surface area contributed by atoms with Gasteiger partial charge >= 0.3 is 0 Å². The minimum absolute atomic E-state index is 0.0895. The fourth-order valence-corrected chi connectivity index (χ4v) is 2.73. The molecule has 0 aromatic heterocycles. The van der Waals surface area contributed by atoms with E-state index < -0.39 is 6.10 Å². The fourth-order valence-electron chi connectivity index (χ4n) is 2.50. The molecule has 1 N–H and O–H groups in total. The minimum atomic E-state index is -0.546. The van der Waals surface area contributed by atoms with E-state index in [-0.39, 0.29) is 11.3 Å². The molecule has 1 amide bonds. The summed E-state index contributed by atoms with van der Waals surface area (Å²) in [4.78, 5) is 12.5. The molecule has 0 fully saturated rings. The Morgan fingerprint density at radius 3 is 2.32 bits per heavy atom. The number of benzene rings is 2. The van der Waals surface area contributed by atoms with Gasteiger partial charge in [-0.1, -0.05) is 51.4 Å². The van der Waals surface area contributed by atoms with E-state index in [2.05, 4.69) is 26.1 Å². The number of aryl methyl sites for hydroxylation is 1. The Morgan fingerprint density at radius 2 is 1.80 bits per heavy atom. The Hall–Kier alpha value is -2.00. The van der Waals surface area contributed by atoms with Crippen molar-refractivity contribution in [2.75, 3.05) is 5.32 Å². The lowest BCUT2D eigenvalue weighted by molar-refractivity contribution is -0.122. The highest BCUT2D eigenvalue weighted by atomic mass is 35.5. The lowest BCUT2D eigenvalue weighted by Gasteiger charge is -2.21. The third-order valence-corrected chi connectivity index (χ3v) is 4.34. The van der Waals surface area contributed by atoms with Crippen molar-refractivity contribution >= 4 is 23.2 Å². The van der Waals surface area contributed by atoms with E-state index in [0.29, 0.717) is 17.2 Å². The number of hydrogen-bond acceptors (Lipinski definition) is 2. The summed E-state index contributed by atoms with van der Waals surface area (Å²) in [6, 6.07) is 13.3. The van der Waals surface area contributed by atoms with Crippen LogP contribution in [0.15, 0.2) is 42.5 Å². The molecule has 0 heterocycles. The number of rotatable bonds is 5. The quantitative estimate of drug-likeness (QED) is 0.738. The lowest BCUT2D eigenvalue weighted by atomic mass is 9.87. The smallest absolute Gasteiger partial charge is 0.265 e. The molecular weight excluding hydrogens is 334 g/mol. The summed E-state index contributed by atoms with van der Waals surface area (Å²) in [6.45, 7) is 10.3. The van der Waals surface area contributed by atoms with Gasteiger partial charge in [-0.05, 0) is 60.2 Å². The first-order valence-corrected chi connectivity index (χ1v) is 8.92. The monoisotopic (exact) mass is 359 g/mol. The van der Waals surface area contributed by atoms with E-state index in [1.54, 1.807) is 12.1 Å². The average Bonchev–Trinajstić information content (AvgIpc) is 2.54. The average molecular weight is 360 g/mol. The van der Waals surface area contributed by atoms with E-state index in [1.807, 2.05) is 44.2 Å².